The van der Waals surface area contributed by atoms with Crippen molar-refractivity contribution in [1.82, 2.24) is 20.1 Å². The van der Waals surface area contributed by atoms with Crippen molar-refractivity contribution in [1.29, 1.82) is 0 Å². The molecular formula is C11H15N5OS. The molecule has 18 heavy (non-hydrogen) atoms. The van der Waals surface area contributed by atoms with Gasteiger partial charge in [-0.15, -0.1) is 0 Å². The van der Waals surface area contributed by atoms with Crippen LogP contribution in [0.15, 0.2) is 18.5 Å². The topological polar surface area (TPSA) is 85.8 Å². The number of nitrogens with two attached hydrogens (primary N) is 1. The number of aryl methyl sites for hydroxylation is 2. The first-order valence-electron chi connectivity index (χ1n) is 5.65. The molecule has 0 fully saturated rings. The highest BCUT2D eigenvalue weighted by Crippen LogP contribution is 2.19. The molecule has 0 saturated heterocycles. The summed E-state index contributed by atoms with van der Waals surface area (Å²) < 4.78 is 1.84. The van der Waals surface area contributed by atoms with Crippen LogP contribution in [0.2, 0.25) is 0 Å². The van der Waals surface area contributed by atoms with E-state index in [-0.39, 0.29) is 5.91 Å². The smallest absolute Gasteiger partial charge is 0.263 e. The molecule has 2 rings (SSSR count). The second kappa shape index (κ2) is 5.63. The Kier molecular flexibility index (Phi) is 3.93. The molecular weight excluding hydrogens is 250 g/mol. The molecule has 2 heterocycles. The van der Waals surface area contributed by atoms with Crippen molar-refractivity contribution in [3.05, 3.63) is 29.0 Å². The first-order chi connectivity index (χ1) is 8.66. The van der Waals surface area contributed by atoms with E-state index >= 15 is 0 Å². The lowest BCUT2D eigenvalue weighted by Crippen LogP contribution is -2.25. The van der Waals surface area contributed by atoms with Crippen LogP contribution in [0, 0.1) is 6.92 Å². The second-order valence-corrected chi connectivity index (χ2v) is 4.88. The number of rotatable bonds is 5. The normalized spacial score (nSPS) is 10.5. The number of nitrogens with zero attached hydrogens (tertiary/aromatic N) is 3. The van der Waals surface area contributed by atoms with Gasteiger partial charge in [-0.25, -0.2) is 4.98 Å². The molecule has 2 aromatic rings. The molecule has 0 radical (unpaired) electrons. The lowest BCUT2D eigenvalue weighted by Gasteiger charge is -2.04. The van der Waals surface area contributed by atoms with Crippen molar-refractivity contribution in [2.45, 2.75) is 19.9 Å². The Morgan fingerprint density at radius 2 is 2.44 bits per heavy atom. The second-order valence-electron chi connectivity index (χ2n) is 3.85. The van der Waals surface area contributed by atoms with E-state index in [4.69, 9.17) is 5.73 Å². The zero-order valence-corrected chi connectivity index (χ0v) is 10.9. The van der Waals surface area contributed by atoms with Gasteiger partial charge in [0.15, 0.2) is 5.13 Å². The third-order valence-corrected chi connectivity index (χ3v) is 3.41. The maximum Gasteiger partial charge on any atom is 0.263 e. The van der Waals surface area contributed by atoms with Crippen LogP contribution in [0.25, 0.3) is 0 Å². The van der Waals surface area contributed by atoms with Gasteiger partial charge in [0.1, 0.15) is 4.88 Å². The quantitative estimate of drug-likeness (QED) is 0.791. The summed E-state index contributed by atoms with van der Waals surface area (Å²) in [5.41, 5.74) is 6.23. The van der Waals surface area contributed by atoms with Crippen molar-refractivity contribution in [3.8, 4) is 0 Å². The van der Waals surface area contributed by atoms with Crippen LogP contribution in [0.3, 0.4) is 0 Å². The highest BCUT2D eigenvalue weighted by atomic mass is 32.1. The molecule has 6 nitrogen and oxygen atoms in total. The van der Waals surface area contributed by atoms with Crippen LogP contribution in [-0.4, -0.2) is 27.2 Å². The molecule has 1 amide bonds. The number of nitrogen functional groups attached to an aromatic ring is 1. The third-order valence-electron chi connectivity index (χ3n) is 2.43. The lowest BCUT2D eigenvalue weighted by atomic mass is 10.3. The summed E-state index contributed by atoms with van der Waals surface area (Å²) in [7, 11) is 0. The number of hydrogen-bond donors (Lipinski definition) is 2. The van der Waals surface area contributed by atoms with Gasteiger partial charge in [0.25, 0.3) is 5.91 Å². The van der Waals surface area contributed by atoms with Gasteiger partial charge in [-0.1, -0.05) is 11.3 Å². The van der Waals surface area contributed by atoms with Crippen LogP contribution in [0.1, 0.15) is 21.8 Å². The van der Waals surface area contributed by atoms with Crippen molar-refractivity contribution in [2.75, 3.05) is 12.3 Å². The minimum Gasteiger partial charge on any atom is -0.375 e. The lowest BCUT2D eigenvalue weighted by molar-refractivity contribution is 0.0956. The van der Waals surface area contributed by atoms with E-state index in [2.05, 4.69) is 15.4 Å². The molecule has 0 aliphatic carbocycles. The summed E-state index contributed by atoms with van der Waals surface area (Å²) in [4.78, 5) is 16.4. The number of hydrogen-bond acceptors (Lipinski definition) is 5. The van der Waals surface area contributed by atoms with E-state index in [9.17, 15) is 4.79 Å². The first-order valence-corrected chi connectivity index (χ1v) is 6.47. The minimum absolute atomic E-state index is 0.109. The first kappa shape index (κ1) is 12.6. The number of anilines is 1. The molecule has 7 heteroatoms. The molecule has 2 aromatic heterocycles. The monoisotopic (exact) mass is 265 g/mol. The zero-order chi connectivity index (χ0) is 13.0. The molecule has 0 saturated carbocycles. The van der Waals surface area contributed by atoms with Gasteiger partial charge in [-0.3, -0.25) is 9.48 Å². The zero-order valence-electron chi connectivity index (χ0n) is 10.1. The molecule has 0 bridgehead atoms. The van der Waals surface area contributed by atoms with Crippen molar-refractivity contribution in [2.24, 2.45) is 0 Å². The van der Waals surface area contributed by atoms with E-state index in [0.717, 1.165) is 13.0 Å². The van der Waals surface area contributed by atoms with Crippen LogP contribution in [0.5, 0.6) is 0 Å². The average Bonchev–Trinajstić information content (AvgIpc) is 2.94. The third kappa shape index (κ3) is 3.07. The van der Waals surface area contributed by atoms with E-state index in [1.165, 1.54) is 11.3 Å². The summed E-state index contributed by atoms with van der Waals surface area (Å²) in [6, 6.07) is 1.88. The molecule has 96 valence electrons. The fraction of sp³-hybridized carbons (Fsp3) is 0.364. The molecule has 3 N–H and O–H groups in total. The highest BCUT2D eigenvalue weighted by Gasteiger charge is 2.13. The predicted molar refractivity (Wildman–Crippen MR) is 70.4 cm³/mol. The van der Waals surface area contributed by atoms with Gasteiger partial charge in [0.05, 0.1) is 5.69 Å². The highest BCUT2D eigenvalue weighted by molar-refractivity contribution is 7.17. The summed E-state index contributed by atoms with van der Waals surface area (Å²) in [5, 5.41) is 7.36. The largest absolute Gasteiger partial charge is 0.375 e. The summed E-state index contributed by atoms with van der Waals surface area (Å²) in [6.07, 6.45) is 4.47. The molecule has 0 aromatic carbocycles. The maximum absolute atomic E-state index is 11.8. The van der Waals surface area contributed by atoms with Crippen LogP contribution < -0.4 is 11.1 Å². The average molecular weight is 265 g/mol. The number of aromatic nitrogens is 3. The number of carbonyl (C=O) groups excluding carboxylic acids is 1. The Labute approximate surface area is 109 Å². The Balaban J connectivity index is 1.77. The van der Waals surface area contributed by atoms with Gasteiger partial charge in [0.2, 0.25) is 0 Å². The summed E-state index contributed by atoms with van der Waals surface area (Å²) in [5.74, 6) is -0.109. The summed E-state index contributed by atoms with van der Waals surface area (Å²) >= 11 is 1.22. The number of amides is 1. The van der Waals surface area contributed by atoms with E-state index in [0.29, 0.717) is 22.2 Å². The molecule has 0 aliphatic rings. The van der Waals surface area contributed by atoms with Crippen molar-refractivity contribution in [3.63, 3.8) is 0 Å². The van der Waals surface area contributed by atoms with Crippen molar-refractivity contribution < 1.29 is 4.79 Å². The molecule has 0 aliphatic heterocycles. The SMILES string of the molecule is Cc1nc(N)sc1C(=O)NCCCn1cccn1. The molecule has 0 spiro atoms. The number of nitrogens with one attached hydrogen (secondary N) is 1. The van der Waals surface area contributed by atoms with Gasteiger partial charge >= 0.3 is 0 Å². The van der Waals surface area contributed by atoms with Gasteiger partial charge < -0.3 is 11.1 Å². The van der Waals surface area contributed by atoms with Gasteiger partial charge in [-0.05, 0) is 19.4 Å². The Bertz CT molecular complexity index is 520. The standard InChI is InChI=1S/C11H15N5OS/c1-8-9(18-11(12)15-8)10(17)13-4-2-6-16-7-3-5-14-16/h3,5,7H,2,4,6H2,1H3,(H2,12,15)(H,13,17). The molecule has 0 atom stereocenters. The van der Waals surface area contributed by atoms with Gasteiger partial charge in [-0.2, -0.15) is 5.10 Å². The van der Waals surface area contributed by atoms with Crippen LogP contribution in [-0.2, 0) is 6.54 Å². The Hall–Kier alpha value is -1.89. The number of carbonyl (C=O) groups is 1. The minimum atomic E-state index is -0.109. The van der Waals surface area contributed by atoms with E-state index in [1.807, 2.05) is 16.9 Å². The van der Waals surface area contributed by atoms with Crippen LogP contribution in [0.4, 0.5) is 5.13 Å². The van der Waals surface area contributed by atoms with Crippen molar-refractivity contribution >= 4 is 22.4 Å². The molecule has 0 unspecified atom stereocenters. The van der Waals surface area contributed by atoms with Gasteiger partial charge in [0, 0.05) is 25.5 Å². The van der Waals surface area contributed by atoms with E-state index in [1.54, 1.807) is 13.1 Å². The predicted octanol–water partition coefficient (Wildman–Crippen LogP) is 1.05. The maximum atomic E-state index is 11.8. The van der Waals surface area contributed by atoms with E-state index < -0.39 is 0 Å². The Morgan fingerprint density at radius 3 is 3.06 bits per heavy atom. The summed E-state index contributed by atoms with van der Waals surface area (Å²) in [6.45, 7) is 3.18. The Morgan fingerprint density at radius 1 is 1.61 bits per heavy atom. The van der Waals surface area contributed by atoms with Crippen LogP contribution >= 0.6 is 11.3 Å². The number of thiazole rings is 1. The fourth-order valence-corrected chi connectivity index (χ4v) is 2.33. The fourth-order valence-electron chi connectivity index (χ4n) is 1.58.